The summed E-state index contributed by atoms with van der Waals surface area (Å²) >= 11 is 0. The molecule has 3 aromatic rings. The highest BCUT2D eigenvalue weighted by Gasteiger charge is 2.21. The zero-order valence-electron chi connectivity index (χ0n) is 15.7. The van der Waals surface area contributed by atoms with Crippen molar-refractivity contribution in [1.82, 2.24) is 19.4 Å². The Hall–Kier alpha value is -2.48. The van der Waals surface area contributed by atoms with Gasteiger partial charge in [-0.1, -0.05) is 48.0 Å². The van der Waals surface area contributed by atoms with Gasteiger partial charge in [0.2, 0.25) is 10.0 Å². The Morgan fingerprint density at radius 2 is 1.74 bits per heavy atom. The maximum Gasteiger partial charge on any atom is 0.243 e. The lowest BCUT2D eigenvalue weighted by Crippen LogP contribution is -2.34. The molecule has 7 heteroatoms. The van der Waals surface area contributed by atoms with E-state index in [-0.39, 0.29) is 17.5 Å². The van der Waals surface area contributed by atoms with E-state index < -0.39 is 10.0 Å². The molecule has 0 spiro atoms. The van der Waals surface area contributed by atoms with Crippen molar-refractivity contribution in [2.75, 3.05) is 20.6 Å². The molecule has 0 aliphatic rings. The largest absolute Gasteiger partial charge is 0.301 e. The van der Waals surface area contributed by atoms with Gasteiger partial charge in [-0.25, -0.2) is 17.8 Å². The number of para-hydroxylation sites is 1. The molecule has 0 saturated heterocycles. The van der Waals surface area contributed by atoms with E-state index in [2.05, 4.69) is 9.82 Å². The van der Waals surface area contributed by atoms with Gasteiger partial charge in [-0.15, -0.1) is 0 Å². The van der Waals surface area contributed by atoms with E-state index in [1.807, 2.05) is 80.5 Å². The van der Waals surface area contributed by atoms with Gasteiger partial charge in [-0.2, -0.15) is 5.10 Å². The third-order valence-electron chi connectivity index (χ3n) is 4.44. The lowest BCUT2D eigenvalue weighted by atomic mass is 10.0. The molecule has 0 radical (unpaired) electrons. The van der Waals surface area contributed by atoms with Crippen molar-refractivity contribution in [3.05, 3.63) is 78.1 Å². The predicted octanol–water partition coefficient (Wildman–Crippen LogP) is 2.76. The molecule has 0 fully saturated rings. The molecule has 142 valence electrons. The van der Waals surface area contributed by atoms with E-state index in [9.17, 15) is 8.42 Å². The van der Waals surface area contributed by atoms with Crippen molar-refractivity contribution in [1.29, 1.82) is 0 Å². The molecule has 0 aliphatic carbocycles. The normalized spacial score (nSPS) is 13.0. The van der Waals surface area contributed by atoms with Crippen molar-refractivity contribution < 1.29 is 8.42 Å². The number of hydrogen-bond acceptors (Lipinski definition) is 4. The van der Waals surface area contributed by atoms with Crippen LogP contribution in [-0.4, -0.2) is 43.7 Å². The monoisotopic (exact) mass is 384 g/mol. The molecule has 3 rings (SSSR count). The first-order valence-electron chi connectivity index (χ1n) is 8.69. The van der Waals surface area contributed by atoms with Gasteiger partial charge in [0.05, 0.1) is 18.1 Å². The minimum absolute atomic E-state index is 0.0652. The number of aryl methyl sites for hydroxylation is 1. The Kier molecular flexibility index (Phi) is 5.74. The minimum Gasteiger partial charge on any atom is -0.301 e. The lowest BCUT2D eigenvalue weighted by Gasteiger charge is -2.25. The van der Waals surface area contributed by atoms with E-state index in [1.54, 1.807) is 4.68 Å². The Bertz CT molecular complexity index is 980. The van der Waals surface area contributed by atoms with Crippen LogP contribution in [-0.2, 0) is 10.0 Å². The first-order valence-corrected chi connectivity index (χ1v) is 10.2. The molecule has 0 saturated carbocycles. The fraction of sp³-hybridized carbons (Fsp3) is 0.250. The highest BCUT2D eigenvalue weighted by molar-refractivity contribution is 7.89. The van der Waals surface area contributed by atoms with Gasteiger partial charge in [-0.3, -0.25) is 0 Å². The highest BCUT2D eigenvalue weighted by Crippen LogP contribution is 2.19. The van der Waals surface area contributed by atoms with Crippen molar-refractivity contribution in [3.8, 4) is 5.69 Å². The fourth-order valence-electron chi connectivity index (χ4n) is 2.83. The van der Waals surface area contributed by atoms with Crippen LogP contribution in [0.2, 0.25) is 0 Å². The number of nitrogens with zero attached hydrogens (tertiary/aromatic N) is 3. The summed E-state index contributed by atoms with van der Waals surface area (Å²) in [5, 5.41) is 4.17. The molecule has 1 aromatic heterocycles. The van der Waals surface area contributed by atoms with Crippen molar-refractivity contribution >= 4 is 10.0 Å². The molecule has 0 aliphatic heterocycles. The Morgan fingerprint density at radius 3 is 2.37 bits per heavy atom. The van der Waals surface area contributed by atoms with E-state index in [0.29, 0.717) is 0 Å². The van der Waals surface area contributed by atoms with Crippen molar-refractivity contribution in [2.45, 2.75) is 17.9 Å². The highest BCUT2D eigenvalue weighted by atomic mass is 32.2. The second kappa shape index (κ2) is 8.04. The average Bonchev–Trinajstić information content (AvgIpc) is 3.15. The molecule has 1 N–H and O–H groups in total. The number of benzene rings is 2. The van der Waals surface area contributed by atoms with E-state index in [4.69, 9.17) is 0 Å². The van der Waals surface area contributed by atoms with E-state index in [1.165, 1.54) is 18.0 Å². The van der Waals surface area contributed by atoms with Crippen LogP contribution in [0.25, 0.3) is 5.69 Å². The third kappa shape index (κ3) is 4.63. The summed E-state index contributed by atoms with van der Waals surface area (Å²) in [6.45, 7) is 2.30. The minimum atomic E-state index is -3.65. The van der Waals surface area contributed by atoms with E-state index in [0.717, 1.165) is 11.3 Å². The van der Waals surface area contributed by atoms with Crippen LogP contribution >= 0.6 is 0 Å². The smallest absolute Gasteiger partial charge is 0.243 e. The Balaban J connectivity index is 1.75. The molecular formula is C20H24N4O2S. The molecule has 1 atom stereocenters. The molecule has 1 heterocycles. The molecule has 0 unspecified atom stereocenters. The SMILES string of the molecule is Cc1ccc([C@H](CNS(=O)(=O)c2cnn(-c3ccccc3)c2)N(C)C)cc1. The maximum atomic E-state index is 12.7. The quantitative estimate of drug-likeness (QED) is 0.680. The van der Waals surface area contributed by atoms with Gasteiger partial charge in [-0.05, 0) is 38.7 Å². The average molecular weight is 385 g/mol. The topological polar surface area (TPSA) is 67.2 Å². The number of nitrogens with one attached hydrogen (secondary N) is 1. The number of likely N-dealkylation sites (N-methyl/N-ethyl adjacent to an activating group) is 1. The molecule has 2 aromatic carbocycles. The second-order valence-electron chi connectivity index (χ2n) is 6.70. The summed E-state index contributed by atoms with van der Waals surface area (Å²) in [7, 11) is 0.221. The number of rotatable bonds is 7. The number of sulfonamides is 1. The van der Waals surface area contributed by atoms with Crippen LogP contribution < -0.4 is 4.72 Å². The zero-order chi connectivity index (χ0) is 19.4. The Labute approximate surface area is 160 Å². The zero-order valence-corrected chi connectivity index (χ0v) is 16.5. The number of aromatic nitrogens is 2. The molecule has 0 bridgehead atoms. The summed E-state index contributed by atoms with van der Waals surface area (Å²) < 4.78 is 29.7. The van der Waals surface area contributed by atoms with E-state index >= 15 is 0 Å². The van der Waals surface area contributed by atoms with Crippen molar-refractivity contribution in [2.24, 2.45) is 0 Å². The molecular weight excluding hydrogens is 360 g/mol. The number of hydrogen-bond donors (Lipinski definition) is 1. The van der Waals surface area contributed by atoms with Gasteiger partial charge in [0, 0.05) is 12.6 Å². The molecule has 6 nitrogen and oxygen atoms in total. The second-order valence-corrected chi connectivity index (χ2v) is 8.47. The van der Waals surface area contributed by atoms with Crippen LogP contribution in [0.4, 0.5) is 0 Å². The van der Waals surface area contributed by atoms with Gasteiger partial charge < -0.3 is 4.90 Å². The van der Waals surface area contributed by atoms with Gasteiger partial charge >= 0.3 is 0 Å². The summed E-state index contributed by atoms with van der Waals surface area (Å²) in [4.78, 5) is 2.15. The summed E-state index contributed by atoms with van der Waals surface area (Å²) in [5.41, 5.74) is 3.04. The third-order valence-corrected chi connectivity index (χ3v) is 5.82. The van der Waals surface area contributed by atoms with Gasteiger partial charge in [0.25, 0.3) is 0 Å². The fourth-order valence-corrected chi connectivity index (χ4v) is 3.79. The first-order chi connectivity index (χ1) is 12.9. The van der Waals surface area contributed by atoms with Crippen LogP contribution in [0.1, 0.15) is 17.2 Å². The van der Waals surface area contributed by atoms with Crippen LogP contribution in [0.3, 0.4) is 0 Å². The Morgan fingerprint density at radius 1 is 1.07 bits per heavy atom. The van der Waals surface area contributed by atoms with Crippen LogP contribution in [0, 0.1) is 6.92 Å². The summed E-state index contributed by atoms with van der Waals surface area (Å²) in [5.74, 6) is 0. The molecule has 27 heavy (non-hydrogen) atoms. The standard InChI is InChI=1S/C20H24N4O2S/c1-16-9-11-17(12-10-16)20(23(2)3)14-22-27(25,26)19-13-21-24(15-19)18-7-5-4-6-8-18/h4-13,15,20,22H,14H2,1-3H3/t20-/m0/s1. The molecule has 0 amide bonds. The first kappa shape index (κ1) is 19.3. The predicted molar refractivity (Wildman–Crippen MR) is 106 cm³/mol. The summed E-state index contributed by atoms with van der Waals surface area (Å²) in [6, 6.07) is 17.5. The lowest BCUT2D eigenvalue weighted by molar-refractivity contribution is 0.299. The van der Waals surface area contributed by atoms with Gasteiger partial charge in [0.15, 0.2) is 0 Å². The maximum absolute atomic E-state index is 12.7. The summed E-state index contributed by atoms with van der Waals surface area (Å²) in [6.07, 6.45) is 2.89. The van der Waals surface area contributed by atoms with Crippen LogP contribution in [0.5, 0.6) is 0 Å². The van der Waals surface area contributed by atoms with Crippen molar-refractivity contribution in [3.63, 3.8) is 0 Å². The van der Waals surface area contributed by atoms with Gasteiger partial charge in [0.1, 0.15) is 4.90 Å². The van der Waals surface area contributed by atoms with Crippen LogP contribution in [0.15, 0.2) is 71.9 Å².